The Hall–Kier alpha value is -1.67. The smallest absolute Gasteiger partial charge is 0.427 e. The molecule has 117 valence electrons. The summed E-state index contributed by atoms with van der Waals surface area (Å²) in [5.74, 6) is -1.15. The molecule has 2 amide bonds. The quantitative estimate of drug-likeness (QED) is 0.561. The van der Waals surface area contributed by atoms with Gasteiger partial charge in [-0.25, -0.2) is 4.79 Å². The van der Waals surface area contributed by atoms with Crippen molar-refractivity contribution in [3.63, 3.8) is 0 Å². The van der Waals surface area contributed by atoms with Gasteiger partial charge in [0.1, 0.15) is 6.10 Å². The van der Waals surface area contributed by atoms with Crippen LogP contribution in [0.3, 0.4) is 0 Å². The van der Waals surface area contributed by atoms with Crippen molar-refractivity contribution in [2.24, 2.45) is 0 Å². The Bertz CT molecular complexity index is 471. The average Bonchev–Trinajstić information content (AvgIpc) is 2.74. The summed E-state index contributed by atoms with van der Waals surface area (Å²) in [6.45, 7) is 6.84. The summed E-state index contributed by atoms with van der Waals surface area (Å²) in [5, 5.41) is 13.5. The molecule has 0 aromatic carbocycles. The maximum atomic E-state index is 12.2. The van der Waals surface area contributed by atoms with Crippen molar-refractivity contribution < 1.29 is 29.2 Å². The van der Waals surface area contributed by atoms with E-state index in [0.717, 1.165) is 5.06 Å². The Kier molecular flexibility index (Phi) is 3.71. The molecule has 2 aliphatic rings. The normalized spacial score (nSPS) is 28.0. The summed E-state index contributed by atoms with van der Waals surface area (Å²) in [4.78, 5) is 39.1. The molecule has 2 rings (SSSR count). The highest BCUT2D eigenvalue weighted by Crippen LogP contribution is 2.41. The van der Waals surface area contributed by atoms with Crippen LogP contribution in [0.1, 0.15) is 47.0 Å². The lowest BCUT2D eigenvalue weighted by Gasteiger charge is -2.32. The molecular weight excluding hydrogens is 280 g/mol. The molecule has 0 aliphatic carbocycles. The lowest BCUT2D eigenvalue weighted by Crippen LogP contribution is -2.48. The summed E-state index contributed by atoms with van der Waals surface area (Å²) >= 11 is 0. The predicted molar refractivity (Wildman–Crippen MR) is 67.7 cm³/mol. The number of imide groups is 1. The van der Waals surface area contributed by atoms with Crippen molar-refractivity contribution in [1.82, 2.24) is 10.1 Å². The fourth-order valence-electron chi connectivity index (χ4n) is 2.75. The second-order valence-electron chi connectivity index (χ2n) is 6.49. The minimum Gasteiger partial charge on any atom is -0.427 e. The first-order valence-corrected chi connectivity index (χ1v) is 6.77. The zero-order valence-corrected chi connectivity index (χ0v) is 12.5. The third-order valence-electron chi connectivity index (χ3n) is 3.96. The van der Waals surface area contributed by atoms with Gasteiger partial charge in [0.15, 0.2) is 0 Å². The molecular formula is C13H19N2O6. The summed E-state index contributed by atoms with van der Waals surface area (Å²) in [7, 11) is 0. The van der Waals surface area contributed by atoms with Crippen LogP contribution in [0.4, 0.5) is 4.79 Å². The van der Waals surface area contributed by atoms with Gasteiger partial charge in [0, 0.05) is 24.8 Å². The Morgan fingerprint density at radius 1 is 1.14 bits per heavy atom. The zero-order valence-electron chi connectivity index (χ0n) is 12.5. The first kappa shape index (κ1) is 15.7. The maximum absolute atomic E-state index is 12.2. The van der Waals surface area contributed by atoms with E-state index >= 15 is 0 Å². The maximum Gasteiger partial charge on any atom is 0.534 e. The third kappa shape index (κ3) is 2.73. The zero-order chi connectivity index (χ0) is 16.0. The molecule has 0 N–H and O–H groups in total. The summed E-state index contributed by atoms with van der Waals surface area (Å²) in [5.41, 5.74) is -1.59. The van der Waals surface area contributed by atoms with Crippen LogP contribution in [0.25, 0.3) is 0 Å². The molecule has 2 fully saturated rings. The van der Waals surface area contributed by atoms with Crippen molar-refractivity contribution in [3.8, 4) is 0 Å². The highest BCUT2D eigenvalue weighted by Gasteiger charge is 2.55. The number of rotatable bonds is 2. The first-order valence-electron chi connectivity index (χ1n) is 6.77. The minimum absolute atomic E-state index is 0.0163. The van der Waals surface area contributed by atoms with Gasteiger partial charge < -0.3 is 4.74 Å². The van der Waals surface area contributed by atoms with Gasteiger partial charge in [-0.1, -0.05) is 5.06 Å². The Morgan fingerprint density at radius 2 is 1.67 bits per heavy atom. The van der Waals surface area contributed by atoms with Gasteiger partial charge in [-0.2, -0.15) is 0 Å². The third-order valence-corrected chi connectivity index (χ3v) is 3.96. The van der Waals surface area contributed by atoms with Gasteiger partial charge in [-0.3, -0.25) is 14.4 Å². The van der Waals surface area contributed by atoms with Gasteiger partial charge in [-0.15, -0.1) is 10.3 Å². The van der Waals surface area contributed by atoms with Gasteiger partial charge in [-0.05, 0) is 27.7 Å². The highest BCUT2D eigenvalue weighted by atomic mass is 16.8. The van der Waals surface area contributed by atoms with Crippen LogP contribution in [-0.2, 0) is 24.4 Å². The van der Waals surface area contributed by atoms with E-state index in [4.69, 9.17) is 4.74 Å². The van der Waals surface area contributed by atoms with E-state index in [0.29, 0.717) is 11.5 Å². The van der Waals surface area contributed by atoms with Crippen LogP contribution >= 0.6 is 0 Å². The van der Waals surface area contributed by atoms with Crippen molar-refractivity contribution in [3.05, 3.63) is 0 Å². The summed E-state index contributed by atoms with van der Waals surface area (Å²) in [6.07, 6.45) is -1.47. The molecule has 8 nitrogen and oxygen atoms in total. The number of carbonyl (C=O) groups is 3. The molecule has 0 spiro atoms. The Balaban J connectivity index is 2.00. The second-order valence-corrected chi connectivity index (χ2v) is 6.49. The van der Waals surface area contributed by atoms with Gasteiger partial charge in [0.2, 0.25) is 0 Å². The molecule has 0 aromatic rings. The topological polar surface area (TPSA) is 96.0 Å². The Morgan fingerprint density at radius 3 is 2.10 bits per heavy atom. The lowest BCUT2D eigenvalue weighted by molar-refractivity contribution is -0.252. The molecule has 2 heterocycles. The van der Waals surface area contributed by atoms with E-state index in [-0.39, 0.29) is 12.8 Å². The predicted octanol–water partition coefficient (Wildman–Crippen LogP) is 1.18. The average molecular weight is 299 g/mol. The SMILES string of the molecule is CC1(C)CC(OC(=O)ON2C(=O)CCC2=O)C(C)(C)N1[O]. The van der Waals surface area contributed by atoms with E-state index in [1.807, 2.05) is 0 Å². The van der Waals surface area contributed by atoms with Crippen LogP contribution in [0, 0.1) is 0 Å². The lowest BCUT2D eigenvalue weighted by atomic mass is 9.97. The van der Waals surface area contributed by atoms with E-state index in [1.54, 1.807) is 27.7 Å². The number of amides is 2. The summed E-state index contributed by atoms with van der Waals surface area (Å²) < 4.78 is 5.14. The molecule has 0 aromatic heterocycles. The van der Waals surface area contributed by atoms with Gasteiger partial charge in [0.25, 0.3) is 11.8 Å². The monoisotopic (exact) mass is 299 g/mol. The standard InChI is InChI=1S/C13H19N2O6/c1-12(2)7-8(13(3,4)15(12)19)20-11(18)21-14-9(16)5-6-10(14)17/h8H,5-7H2,1-4H3. The fraction of sp³-hybridized carbons (Fsp3) is 0.769. The molecule has 1 atom stereocenters. The van der Waals surface area contributed by atoms with E-state index in [2.05, 4.69) is 4.84 Å². The number of ether oxygens (including phenoxy) is 1. The highest BCUT2D eigenvalue weighted by molar-refractivity contribution is 6.01. The van der Waals surface area contributed by atoms with Crippen molar-refractivity contribution in [2.75, 3.05) is 0 Å². The van der Waals surface area contributed by atoms with Crippen LogP contribution in [0.5, 0.6) is 0 Å². The molecule has 8 heteroatoms. The minimum atomic E-state index is -1.15. The second kappa shape index (κ2) is 4.96. The van der Waals surface area contributed by atoms with E-state index in [1.165, 1.54) is 0 Å². The molecule has 2 aliphatic heterocycles. The molecule has 2 saturated heterocycles. The number of hydroxylamine groups is 4. The number of nitrogens with zero attached hydrogens (tertiary/aromatic N) is 2. The largest absolute Gasteiger partial charge is 0.534 e. The van der Waals surface area contributed by atoms with Gasteiger partial charge in [0.05, 0.1) is 5.54 Å². The van der Waals surface area contributed by atoms with Crippen molar-refractivity contribution >= 4 is 18.0 Å². The molecule has 1 unspecified atom stereocenters. The van der Waals surface area contributed by atoms with E-state index in [9.17, 15) is 19.6 Å². The van der Waals surface area contributed by atoms with Crippen LogP contribution in [-0.4, -0.2) is 45.3 Å². The molecule has 0 bridgehead atoms. The van der Waals surface area contributed by atoms with Crippen LogP contribution in [0.15, 0.2) is 0 Å². The van der Waals surface area contributed by atoms with Crippen LogP contribution < -0.4 is 0 Å². The van der Waals surface area contributed by atoms with Crippen molar-refractivity contribution in [2.45, 2.75) is 64.1 Å². The number of carbonyl (C=O) groups excluding carboxylic acids is 3. The number of hydrogen-bond donors (Lipinski definition) is 0. The number of hydrogen-bond acceptors (Lipinski definition) is 6. The first-order chi connectivity index (χ1) is 9.55. The molecule has 0 saturated carbocycles. The molecule has 1 radical (unpaired) electrons. The van der Waals surface area contributed by atoms with Crippen LogP contribution in [0.2, 0.25) is 0 Å². The van der Waals surface area contributed by atoms with E-state index < -0.39 is 35.2 Å². The Labute approximate surface area is 122 Å². The summed E-state index contributed by atoms with van der Waals surface area (Å²) in [6, 6.07) is 0. The van der Waals surface area contributed by atoms with Gasteiger partial charge >= 0.3 is 6.16 Å². The molecule has 21 heavy (non-hydrogen) atoms. The van der Waals surface area contributed by atoms with Crippen molar-refractivity contribution in [1.29, 1.82) is 0 Å². The fourth-order valence-corrected chi connectivity index (χ4v) is 2.75.